The van der Waals surface area contributed by atoms with Crippen LogP contribution in [0.1, 0.15) is 10.4 Å². The molecule has 2 N–H and O–H groups in total. The van der Waals surface area contributed by atoms with Gasteiger partial charge in [-0.15, -0.1) is 0 Å². The summed E-state index contributed by atoms with van der Waals surface area (Å²) in [5.74, 6) is -3.03. The minimum atomic E-state index is -0.883. The highest BCUT2D eigenvalue weighted by Gasteiger charge is 2.21. The Labute approximate surface area is 161 Å². The van der Waals surface area contributed by atoms with E-state index in [4.69, 9.17) is 0 Å². The molecule has 0 aliphatic heterocycles. The molecule has 0 aliphatic rings. The van der Waals surface area contributed by atoms with Crippen molar-refractivity contribution in [1.29, 1.82) is 0 Å². The summed E-state index contributed by atoms with van der Waals surface area (Å²) < 4.78 is 43.8. The fraction of sp³-hybridized carbons (Fsp3) is 0.0500. The Morgan fingerprint density at radius 3 is 2.52 bits per heavy atom. The molecule has 6 nitrogen and oxygen atoms in total. The lowest BCUT2D eigenvalue weighted by Gasteiger charge is -2.06. The largest absolute Gasteiger partial charge is 0.355 e. The first-order chi connectivity index (χ1) is 13.9. The van der Waals surface area contributed by atoms with Gasteiger partial charge in [0.05, 0.1) is 10.9 Å². The van der Waals surface area contributed by atoms with E-state index < -0.39 is 34.6 Å². The first kappa shape index (κ1) is 18.5. The van der Waals surface area contributed by atoms with Gasteiger partial charge >= 0.3 is 0 Å². The number of fused-ring (bicyclic) bond motifs is 1. The van der Waals surface area contributed by atoms with E-state index in [1.54, 1.807) is 0 Å². The molecule has 0 bridgehead atoms. The van der Waals surface area contributed by atoms with Crippen molar-refractivity contribution in [2.24, 2.45) is 0 Å². The maximum Gasteiger partial charge on any atom is 0.259 e. The van der Waals surface area contributed by atoms with Crippen molar-refractivity contribution in [3.63, 3.8) is 0 Å². The average Bonchev–Trinajstić information content (AvgIpc) is 3.07. The lowest BCUT2D eigenvalue weighted by molar-refractivity contribution is 0.0962. The molecule has 0 radical (unpaired) electrons. The lowest BCUT2D eigenvalue weighted by atomic mass is 10.0. The molecule has 9 heteroatoms. The number of aromatic nitrogens is 3. The quantitative estimate of drug-likeness (QED) is 0.556. The average molecular weight is 398 g/mol. The highest BCUT2D eigenvalue weighted by atomic mass is 19.1. The van der Waals surface area contributed by atoms with Crippen LogP contribution in [0.15, 0.2) is 53.5 Å². The number of hydrogen-bond donors (Lipinski definition) is 2. The van der Waals surface area contributed by atoms with Crippen LogP contribution in [0.2, 0.25) is 0 Å². The van der Waals surface area contributed by atoms with Crippen molar-refractivity contribution < 1.29 is 18.0 Å². The zero-order valence-corrected chi connectivity index (χ0v) is 15.0. The van der Waals surface area contributed by atoms with E-state index in [1.165, 1.54) is 31.4 Å². The number of amides is 1. The molecule has 29 heavy (non-hydrogen) atoms. The molecule has 4 rings (SSSR count). The molecule has 146 valence electrons. The second-order valence-electron chi connectivity index (χ2n) is 6.21. The van der Waals surface area contributed by atoms with Crippen molar-refractivity contribution in [1.82, 2.24) is 20.1 Å². The van der Waals surface area contributed by atoms with Crippen molar-refractivity contribution in [2.45, 2.75) is 0 Å². The Morgan fingerprint density at radius 2 is 1.83 bits per heavy atom. The van der Waals surface area contributed by atoms with Crippen molar-refractivity contribution >= 4 is 16.8 Å². The number of pyridine rings is 1. The maximum atomic E-state index is 14.4. The molecule has 0 aliphatic carbocycles. The molecule has 2 heterocycles. The van der Waals surface area contributed by atoms with Gasteiger partial charge in [-0.3, -0.25) is 9.59 Å². The Hall–Kier alpha value is -3.88. The third kappa shape index (κ3) is 3.06. The number of para-hydroxylation sites is 1. The van der Waals surface area contributed by atoms with Crippen LogP contribution in [-0.2, 0) is 0 Å². The fourth-order valence-electron chi connectivity index (χ4n) is 3.14. The molecule has 0 unspecified atom stereocenters. The summed E-state index contributed by atoms with van der Waals surface area (Å²) in [6.07, 6.45) is 1.31. The SMILES string of the molecule is CNC(=O)c1cc(F)cc(-c2nn(-c3c(F)cccc3F)c3cc[nH]c(=O)c23)c1. The van der Waals surface area contributed by atoms with Crippen LogP contribution in [0.4, 0.5) is 13.2 Å². The summed E-state index contributed by atoms with van der Waals surface area (Å²) in [6.45, 7) is 0. The number of rotatable bonds is 3. The van der Waals surface area contributed by atoms with E-state index in [-0.39, 0.29) is 27.7 Å². The van der Waals surface area contributed by atoms with Gasteiger partial charge in [0.15, 0.2) is 11.6 Å². The molecule has 2 aromatic carbocycles. The van der Waals surface area contributed by atoms with Gasteiger partial charge in [-0.05, 0) is 36.4 Å². The van der Waals surface area contributed by atoms with Gasteiger partial charge in [-0.2, -0.15) is 5.10 Å². The van der Waals surface area contributed by atoms with Crippen LogP contribution in [0.3, 0.4) is 0 Å². The third-order valence-corrected chi connectivity index (χ3v) is 4.41. The Kier molecular flexibility index (Phi) is 4.42. The zero-order chi connectivity index (χ0) is 20.7. The molecular weight excluding hydrogens is 385 g/mol. The molecule has 0 fully saturated rings. The monoisotopic (exact) mass is 398 g/mol. The number of carbonyl (C=O) groups excluding carboxylic acids is 1. The number of benzene rings is 2. The maximum absolute atomic E-state index is 14.4. The summed E-state index contributed by atoms with van der Waals surface area (Å²) in [5.41, 5.74) is -0.827. The molecular formula is C20H13F3N4O2. The first-order valence-electron chi connectivity index (χ1n) is 8.48. The highest BCUT2D eigenvalue weighted by Crippen LogP contribution is 2.30. The van der Waals surface area contributed by atoms with E-state index in [1.807, 2.05) is 0 Å². The normalized spacial score (nSPS) is 11.0. The standard InChI is InChI=1S/C20H13F3N4O2/c1-24-19(28)11-7-10(8-12(21)9-11)17-16-15(5-6-25-20(16)29)27(26-17)18-13(22)3-2-4-14(18)23/h2-9H,1H3,(H,24,28)(H,25,29). The molecule has 4 aromatic rings. The number of H-pyrrole nitrogens is 1. The highest BCUT2D eigenvalue weighted by molar-refractivity contribution is 5.98. The van der Waals surface area contributed by atoms with Gasteiger partial charge in [0.2, 0.25) is 0 Å². The van der Waals surface area contributed by atoms with Crippen LogP contribution in [0.5, 0.6) is 0 Å². The van der Waals surface area contributed by atoms with Gasteiger partial charge in [-0.1, -0.05) is 6.07 Å². The van der Waals surface area contributed by atoms with Crippen LogP contribution in [0, 0.1) is 17.5 Å². The van der Waals surface area contributed by atoms with Gasteiger partial charge in [-0.25, -0.2) is 17.9 Å². The van der Waals surface area contributed by atoms with Gasteiger partial charge in [0.25, 0.3) is 11.5 Å². The molecule has 0 atom stereocenters. The summed E-state index contributed by atoms with van der Waals surface area (Å²) >= 11 is 0. The smallest absolute Gasteiger partial charge is 0.259 e. The van der Waals surface area contributed by atoms with Crippen molar-refractivity contribution in [3.05, 3.63) is 82.0 Å². The summed E-state index contributed by atoms with van der Waals surface area (Å²) in [6, 6.07) is 8.21. The lowest BCUT2D eigenvalue weighted by Crippen LogP contribution is -2.18. The van der Waals surface area contributed by atoms with Crippen LogP contribution >= 0.6 is 0 Å². The van der Waals surface area contributed by atoms with E-state index in [0.29, 0.717) is 0 Å². The third-order valence-electron chi connectivity index (χ3n) is 4.41. The first-order valence-corrected chi connectivity index (χ1v) is 8.48. The molecule has 0 spiro atoms. The summed E-state index contributed by atoms with van der Waals surface area (Å²) in [5, 5.41) is 6.58. The van der Waals surface area contributed by atoms with Crippen molar-refractivity contribution in [3.8, 4) is 16.9 Å². The molecule has 0 saturated heterocycles. The van der Waals surface area contributed by atoms with Gasteiger partial charge in [0, 0.05) is 24.4 Å². The minimum Gasteiger partial charge on any atom is -0.355 e. The molecule has 1 amide bonds. The zero-order valence-electron chi connectivity index (χ0n) is 15.0. The van der Waals surface area contributed by atoms with E-state index in [9.17, 15) is 22.8 Å². The summed E-state index contributed by atoms with van der Waals surface area (Å²) in [4.78, 5) is 26.9. The van der Waals surface area contributed by atoms with E-state index >= 15 is 0 Å². The molecule has 2 aromatic heterocycles. The summed E-state index contributed by atoms with van der Waals surface area (Å²) in [7, 11) is 1.39. The topological polar surface area (TPSA) is 79.8 Å². The predicted molar refractivity (Wildman–Crippen MR) is 100 cm³/mol. The van der Waals surface area contributed by atoms with Crippen molar-refractivity contribution in [2.75, 3.05) is 7.05 Å². The van der Waals surface area contributed by atoms with Gasteiger partial charge < -0.3 is 10.3 Å². The Morgan fingerprint density at radius 1 is 1.10 bits per heavy atom. The fourth-order valence-corrected chi connectivity index (χ4v) is 3.14. The Balaban J connectivity index is 2.07. The van der Waals surface area contributed by atoms with Crippen LogP contribution < -0.4 is 10.9 Å². The number of hydrogen-bond acceptors (Lipinski definition) is 3. The predicted octanol–water partition coefficient (Wildman–Crippen LogP) is 3.16. The van der Waals surface area contributed by atoms with E-state index in [0.717, 1.165) is 28.9 Å². The van der Waals surface area contributed by atoms with Crippen LogP contribution in [-0.4, -0.2) is 27.7 Å². The number of halogens is 3. The van der Waals surface area contributed by atoms with E-state index in [2.05, 4.69) is 15.4 Å². The number of aromatic amines is 1. The number of nitrogens with zero attached hydrogens (tertiary/aromatic N) is 2. The molecule has 0 saturated carbocycles. The van der Waals surface area contributed by atoms with Crippen LogP contribution in [0.25, 0.3) is 27.8 Å². The van der Waals surface area contributed by atoms with Gasteiger partial charge in [0.1, 0.15) is 17.2 Å². The minimum absolute atomic E-state index is 0.00334. The second-order valence-corrected chi connectivity index (χ2v) is 6.21. The Bertz CT molecular complexity index is 1310. The second kappa shape index (κ2) is 6.93. The number of nitrogens with one attached hydrogen (secondary N) is 2. The number of carbonyl (C=O) groups is 1.